The van der Waals surface area contributed by atoms with Crippen molar-refractivity contribution in [1.29, 1.82) is 0 Å². The number of para-hydroxylation sites is 1. The summed E-state index contributed by atoms with van der Waals surface area (Å²) in [5.74, 6) is -0.331. The maximum Gasteiger partial charge on any atom is 0.246 e. The minimum atomic E-state index is -0.340. The molecule has 3 rings (SSSR count). The van der Waals surface area contributed by atoms with Crippen LogP contribution in [0.4, 0.5) is 4.39 Å². The first-order chi connectivity index (χ1) is 13.6. The van der Waals surface area contributed by atoms with E-state index in [4.69, 9.17) is 4.74 Å². The molecule has 1 heterocycles. The van der Waals surface area contributed by atoms with Crippen molar-refractivity contribution in [3.05, 3.63) is 64.9 Å². The molecule has 0 atom stereocenters. The molecule has 0 fully saturated rings. The molecule has 2 N–H and O–H groups in total. The summed E-state index contributed by atoms with van der Waals surface area (Å²) in [6, 6.07) is 11.1. The highest BCUT2D eigenvalue weighted by Gasteiger charge is 2.09. The first-order valence-electron chi connectivity index (χ1n) is 8.54. The molecule has 1 amide bonds. The third kappa shape index (κ3) is 4.92. The fourth-order valence-electron chi connectivity index (χ4n) is 2.41. The van der Waals surface area contributed by atoms with Crippen molar-refractivity contribution in [2.24, 2.45) is 5.10 Å². The molecule has 0 spiro atoms. The number of phenolic OH excluding ortho intramolecular Hbond substituents is 1. The van der Waals surface area contributed by atoms with Crippen LogP contribution in [0.3, 0.4) is 0 Å². The second kappa shape index (κ2) is 9.09. The van der Waals surface area contributed by atoms with Gasteiger partial charge in [0.2, 0.25) is 5.91 Å². The molecule has 3 aromatic rings. The average Bonchev–Trinajstić information content (AvgIpc) is 3.14. The van der Waals surface area contributed by atoms with Crippen LogP contribution in [0, 0.1) is 5.82 Å². The summed E-state index contributed by atoms with van der Waals surface area (Å²) in [6.07, 6.45) is 1.40. The van der Waals surface area contributed by atoms with E-state index in [9.17, 15) is 14.3 Å². The molecule has 28 heavy (non-hydrogen) atoms. The summed E-state index contributed by atoms with van der Waals surface area (Å²) >= 11 is 1.38. The van der Waals surface area contributed by atoms with Gasteiger partial charge in [0.25, 0.3) is 0 Å². The predicted molar refractivity (Wildman–Crippen MR) is 106 cm³/mol. The highest BCUT2D eigenvalue weighted by Crippen LogP contribution is 2.28. The number of aromatic nitrogens is 1. The number of benzene rings is 2. The van der Waals surface area contributed by atoms with E-state index in [1.54, 1.807) is 35.7 Å². The van der Waals surface area contributed by atoms with Crippen LogP contribution in [0.1, 0.15) is 18.2 Å². The first kappa shape index (κ1) is 19.5. The normalized spacial score (nSPS) is 10.9. The van der Waals surface area contributed by atoms with Gasteiger partial charge in [0.1, 0.15) is 10.8 Å². The summed E-state index contributed by atoms with van der Waals surface area (Å²) in [5, 5.41) is 16.4. The third-order valence-corrected chi connectivity index (χ3v) is 4.65. The van der Waals surface area contributed by atoms with E-state index in [2.05, 4.69) is 15.5 Å². The topological polar surface area (TPSA) is 83.8 Å². The number of nitrogens with one attached hydrogen (secondary N) is 1. The van der Waals surface area contributed by atoms with E-state index in [1.165, 1.54) is 29.7 Å². The Morgan fingerprint density at radius 3 is 2.86 bits per heavy atom. The number of phenols is 1. The van der Waals surface area contributed by atoms with E-state index in [-0.39, 0.29) is 23.9 Å². The van der Waals surface area contributed by atoms with E-state index in [0.717, 1.165) is 5.56 Å². The van der Waals surface area contributed by atoms with Gasteiger partial charge in [-0.05, 0) is 43.3 Å². The van der Waals surface area contributed by atoms with Gasteiger partial charge in [-0.25, -0.2) is 14.8 Å². The molecule has 0 unspecified atom stereocenters. The molecule has 1 aromatic heterocycles. The standard InChI is InChI=1S/C20H18FN3O3S/c1-2-27-17-5-3-4-14(19(17)26)11-22-24-18(25)10-16-12-28-20(23-16)13-6-8-15(21)9-7-13/h3-9,11-12,26H,2,10H2,1H3,(H,24,25)/b22-11+. The summed E-state index contributed by atoms with van der Waals surface area (Å²) in [7, 11) is 0. The fourth-order valence-corrected chi connectivity index (χ4v) is 3.23. The molecule has 0 radical (unpaired) electrons. The zero-order valence-corrected chi connectivity index (χ0v) is 15.9. The molecular formula is C20H18FN3O3S. The average molecular weight is 399 g/mol. The molecule has 6 nitrogen and oxygen atoms in total. The monoisotopic (exact) mass is 399 g/mol. The lowest BCUT2D eigenvalue weighted by atomic mass is 10.2. The lowest BCUT2D eigenvalue weighted by Gasteiger charge is -2.07. The Morgan fingerprint density at radius 2 is 2.11 bits per heavy atom. The fraction of sp³-hybridized carbons (Fsp3) is 0.150. The van der Waals surface area contributed by atoms with Crippen LogP contribution in [0.5, 0.6) is 11.5 Å². The quantitative estimate of drug-likeness (QED) is 0.468. The van der Waals surface area contributed by atoms with Crippen molar-refractivity contribution >= 4 is 23.5 Å². The number of nitrogens with zero attached hydrogens (tertiary/aromatic N) is 2. The van der Waals surface area contributed by atoms with Crippen LogP contribution in [0.15, 0.2) is 52.9 Å². The van der Waals surface area contributed by atoms with Crippen LogP contribution in [0.2, 0.25) is 0 Å². The lowest BCUT2D eigenvalue weighted by molar-refractivity contribution is -0.120. The SMILES string of the molecule is CCOc1cccc(/C=N/NC(=O)Cc2csc(-c3ccc(F)cc3)n2)c1O. The summed E-state index contributed by atoms with van der Waals surface area (Å²) in [5.41, 5.74) is 4.23. The Hall–Kier alpha value is -3.26. The lowest BCUT2D eigenvalue weighted by Crippen LogP contribution is -2.19. The van der Waals surface area contributed by atoms with Gasteiger partial charge in [0.15, 0.2) is 11.5 Å². The summed E-state index contributed by atoms with van der Waals surface area (Å²) in [6.45, 7) is 2.25. The minimum Gasteiger partial charge on any atom is -0.504 e. The molecular weight excluding hydrogens is 381 g/mol. The number of aromatic hydroxyl groups is 1. The number of hydrazone groups is 1. The Labute approximate surface area is 165 Å². The van der Waals surface area contributed by atoms with Gasteiger partial charge >= 0.3 is 0 Å². The van der Waals surface area contributed by atoms with Crippen molar-refractivity contribution in [3.63, 3.8) is 0 Å². The number of carbonyl (C=O) groups is 1. The van der Waals surface area contributed by atoms with E-state index < -0.39 is 0 Å². The summed E-state index contributed by atoms with van der Waals surface area (Å²) in [4.78, 5) is 16.4. The highest BCUT2D eigenvalue weighted by atomic mass is 32.1. The zero-order chi connectivity index (χ0) is 19.9. The van der Waals surface area contributed by atoms with Gasteiger partial charge in [-0.2, -0.15) is 5.10 Å². The third-order valence-electron chi connectivity index (χ3n) is 3.71. The Bertz CT molecular complexity index is 987. The van der Waals surface area contributed by atoms with Crippen LogP contribution in [0.25, 0.3) is 10.6 Å². The van der Waals surface area contributed by atoms with Gasteiger partial charge < -0.3 is 9.84 Å². The maximum absolute atomic E-state index is 13.0. The first-order valence-corrected chi connectivity index (χ1v) is 9.41. The predicted octanol–water partition coefficient (Wildman–Crippen LogP) is 3.75. The molecule has 144 valence electrons. The molecule has 0 saturated carbocycles. The smallest absolute Gasteiger partial charge is 0.246 e. The number of hydrogen-bond acceptors (Lipinski definition) is 6. The molecule has 2 aromatic carbocycles. The maximum atomic E-state index is 13.0. The van der Waals surface area contributed by atoms with Crippen LogP contribution < -0.4 is 10.2 Å². The van der Waals surface area contributed by atoms with Gasteiger partial charge in [0.05, 0.1) is 24.9 Å². The second-order valence-electron chi connectivity index (χ2n) is 5.75. The van der Waals surface area contributed by atoms with Gasteiger partial charge in [-0.15, -0.1) is 11.3 Å². The van der Waals surface area contributed by atoms with E-state index >= 15 is 0 Å². The second-order valence-corrected chi connectivity index (χ2v) is 6.61. The zero-order valence-electron chi connectivity index (χ0n) is 15.1. The number of thiazole rings is 1. The molecule has 8 heteroatoms. The Balaban J connectivity index is 1.58. The molecule has 0 aliphatic rings. The number of carbonyl (C=O) groups excluding carboxylic acids is 1. The Kier molecular flexibility index (Phi) is 6.33. The molecule has 0 aliphatic heterocycles. The van der Waals surface area contributed by atoms with Crippen molar-refractivity contribution in [3.8, 4) is 22.1 Å². The van der Waals surface area contributed by atoms with Crippen LogP contribution in [-0.4, -0.2) is 28.8 Å². The van der Waals surface area contributed by atoms with Crippen molar-refractivity contribution in [2.75, 3.05) is 6.61 Å². The number of ether oxygens (including phenoxy) is 1. The van der Waals surface area contributed by atoms with Crippen molar-refractivity contribution in [1.82, 2.24) is 10.4 Å². The van der Waals surface area contributed by atoms with E-state index in [1.807, 2.05) is 6.92 Å². The molecule has 0 saturated heterocycles. The van der Waals surface area contributed by atoms with E-state index in [0.29, 0.717) is 28.6 Å². The Morgan fingerprint density at radius 1 is 1.32 bits per heavy atom. The van der Waals surface area contributed by atoms with Gasteiger partial charge in [-0.3, -0.25) is 4.79 Å². The number of rotatable bonds is 7. The van der Waals surface area contributed by atoms with Crippen LogP contribution >= 0.6 is 11.3 Å². The highest BCUT2D eigenvalue weighted by molar-refractivity contribution is 7.13. The van der Waals surface area contributed by atoms with Gasteiger partial charge in [0, 0.05) is 16.5 Å². The van der Waals surface area contributed by atoms with Crippen LogP contribution in [-0.2, 0) is 11.2 Å². The minimum absolute atomic E-state index is 0.0363. The molecule has 0 aliphatic carbocycles. The van der Waals surface area contributed by atoms with Crippen molar-refractivity contribution in [2.45, 2.75) is 13.3 Å². The molecule has 0 bridgehead atoms. The summed E-state index contributed by atoms with van der Waals surface area (Å²) < 4.78 is 18.3. The van der Waals surface area contributed by atoms with Gasteiger partial charge in [-0.1, -0.05) is 6.07 Å². The van der Waals surface area contributed by atoms with Crippen molar-refractivity contribution < 1.29 is 19.0 Å². The largest absolute Gasteiger partial charge is 0.504 e. The number of amides is 1. The number of halogens is 1. The number of hydrogen-bond donors (Lipinski definition) is 2.